The van der Waals surface area contributed by atoms with E-state index in [-0.39, 0.29) is 0 Å². The van der Waals surface area contributed by atoms with Crippen LogP contribution in [0.2, 0.25) is 0 Å². The van der Waals surface area contributed by atoms with Crippen molar-refractivity contribution in [2.75, 3.05) is 26.2 Å². The first-order chi connectivity index (χ1) is 6.24. The number of nitrogens with zero attached hydrogens (tertiary/aromatic N) is 1. The van der Waals surface area contributed by atoms with Gasteiger partial charge >= 0.3 is 0 Å². The fourth-order valence-corrected chi connectivity index (χ4v) is 1.70. The molecular weight excluding hydrogens is 162 g/mol. The van der Waals surface area contributed by atoms with Gasteiger partial charge < -0.3 is 10.0 Å². The third-order valence-electron chi connectivity index (χ3n) is 2.43. The summed E-state index contributed by atoms with van der Waals surface area (Å²) >= 11 is 0. The van der Waals surface area contributed by atoms with Crippen LogP contribution in [0.4, 0.5) is 0 Å². The Bertz CT molecular complexity index is 106. The first-order valence-corrected chi connectivity index (χ1v) is 5.57. The molecule has 0 spiro atoms. The molecule has 0 amide bonds. The maximum atomic E-state index is 8.72. The summed E-state index contributed by atoms with van der Waals surface area (Å²) in [4.78, 5) is 2.43. The molecule has 80 valence electrons. The molecule has 0 aromatic carbocycles. The van der Waals surface area contributed by atoms with Crippen LogP contribution in [0.15, 0.2) is 0 Å². The second-order valence-corrected chi connectivity index (χ2v) is 3.86. The van der Waals surface area contributed by atoms with Crippen molar-refractivity contribution < 1.29 is 5.11 Å². The highest BCUT2D eigenvalue weighted by Crippen LogP contribution is 2.07. The number of hydrogen-bond donors (Lipinski definition) is 1. The lowest BCUT2D eigenvalue weighted by Gasteiger charge is -2.23. The summed E-state index contributed by atoms with van der Waals surface area (Å²) in [5.74, 6) is 0.795. The normalized spacial score (nSPS) is 13.6. The average molecular weight is 187 g/mol. The molecule has 1 unspecified atom stereocenters. The predicted molar refractivity (Wildman–Crippen MR) is 57.9 cm³/mol. The van der Waals surface area contributed by atoms with Gasteiger partial charge in [0, 0.05) is 19.7 Å². The zero-order chi connectivity index (χ0) is 10.1. The fourth-order valence-electron chi connectivity index (χ4n) is 1.70. The molecule has 13 heavy (non-hydrogen) atoms. The Hall–Kier alpha value is -0.0800. The van der Waals surface area contributed by atoms with E-state index in [0.29, 0.717) is 6.61 Å². The molecule has 0 aromatic rings. The number of aliphatic hydroxyl groups is 1. The van der Waals surface area contributed by atoms with Crippen LogP contribution in [0, 0.1) is 5.92 Å². The van der Waals surface area contributed by atoms with Crippen molar-refractivity contribution in [1.29, 1.82) is 0 Å². The Morgan fingerprint density at radius 1 is 1.31 bits per heavy atom. The van der Waals surface area contributed by atoms with Crippen LogP contribution >= 0.6 is 0 Å². The smallest absolute Gasteiger partial charge is 0.0443 e. The minimum atomic E-state index is 0.318. The standard InChI is InChI=1S/C11H25NO/c1-4-7-11(3)10-12(5-2)8-6-9-13/h11,13H,4-10H2,1-3H3. The van der Waals surface area contributed by atoms with E-state index in [1.165, 1.54) is 19.4 Å². The molecule has 0 rings (SSSR count). The summed E-state index contributed by atoms with van der Waals surface area (Å²) in [5, 5.41) is 8.72. The van der Waals surface area contributed by atoms with Crippen molar-refractivity contribution in [3.05, 3.63) is 0 Å². The Morgan fingerprint density at radius 2 is 2.00 bits per heavy atom. The van der Waals surface area contributed by atoms with Crippen LogP contribution in [-0.2, 0) is 0 Å². The van der Waals surface area contributed by atoms with E-state index < -0.39 is 0 Å². The molecule has 2 nitrogen and oxygen atoms in total. The fraction of sp³-hybridized carbons (Fsp3) is 1.00. The van der Waals surface area contributed by atoms with Gasteiger partial charge in [-0.25, -0.2) is 0 Å². The summed E-state index contributed by atoms with van der Waals surface area (Å²) < 4.78 is 0. The van der Waals surface area contributed by atoms with E-state index in [4.69, 9.17) is 5.11 Å². The topological polar surface area (TPSA) is 23.5 Å². The van der Waals surface area contributed by atoms with Gasteiger partial charge in [-0.2, -0.15) is 0 Å². The summed E-state index contributed by atoms with van der Waals surface area (Å²) in [5.41, 5.74) is 0. The van der Waals surface area contributed by atoms with Crippen molar-refractivity contribution in [3.8, 4) is 0 Å². The molecule has 0 radical (unpaired) electrons. The monoisotopic (exact) mass is 187 g/mol. The van der Waals surface area contributed by atoms with Crippen LogP contribution in [0.3, 0.4) is 0 Å². The second-order valence-electron chi connectivity index (χ2n) is 3.86. The molecule has 0 aliphatic carbocycles. The van der Waals surface area contributed by atoms with E-state index in [1.807, 2.05) is 0 Å². The van der Waals surface area contributed by atoms with Gasteiger partial charge in [-0.15, -0.1) is 0 Å². The molecule has 0 heterocycles. The van der Waals surface area contributed by atoms with Gasteiger partial charge in [0.25, 0.3) is 0 Å². The van der Waals surface area contributed by atoms with Crippen molar-refractivity contribution in [1.82, 2.24) is 4.90 Å². The largest absolute Gasteiger partial charge is 0.396 e. The van der Waals surface area contributed by atoms with Gasteiger partial charge in [0.2, 0.25) is 0 Å². The van der Waals surface area contributed by atoms with E-state index in [0.717, 1.165) is 25.4 Å². The Kier molecular flexibility index (Phi) is 8.46. The lowest BCUT2D eigenvalue weighted by molar-refractivity contribution is 0.208. The molecule has 0 aromatic heterocycles. The maximum absolute atomic E-state index is 8.72. The molecule has 1 atom stereocenters. The molecule has 2 heteroatoms. The quantitative estimate of drug-likeness (QED) is 0.629. The lowest BCUT2D eigenvalue weighted by Crippen LogP contribution is -2.29. The molecule has 0 aliphatic rings. The summed E-state index contributed by atoms with van der Waals surface area (Å²) in [6.07, 6.45) is 3.50. The van der Waals surface area contributed by atoms with Gasteiger partial charge in [0.1, 0.15) is 0 Å². The first-order valence-electron chi connectivity index (χ1n) is 5.57. The van der Waals surface area contributed by atoms with Crippen LogP contribution in [0.25, 0.3) is 0 Å². The van der Waals surface area contributed by atoms with Crippen LogP contribution < -0.4 is 0 Å². The maximum Gasteiger partial charge on any atom is 0.0443 e. The molecule has 0 fully saturated rings. The van der Waals surface area contributed by atoms with Crippen molar-refractivity contribution in [3.63, 3.8) is 0 Å². The van der Waals surface area contributed by atoms with E-state index in [2.05, 4.69) is 25.7 Å². The lowest BCUT2D eigenvalue weighted by atomic mass is 10.1. The second kappa shape index (κ2) is 8.52. The highest BCUT2D eigenvalue weighted by molar-refractivity contribution is 4.61. The average Bonchev–Trinajstić information content (AvgIpc) is 2.12. The third-order valence-corrected chi connectivity index (χ3v) is 2.43. The van der Waals surface area contributed by atoms with Crippen LogP contribution in [-0.4, -0.2) is 36.2 Å². The molecule has 1 N–H and O–H groups in total. The Balaban J connectivity index is 3.56. The van der Waals surface area contributed by atoms with Crippen molar-refractivity contribution in [2.45, 2.75) is 40.0 Å². The minimum absolute atomic E-state index is 0.318. The molecular formula is C11H25NO. The SMILES string of the molecule is CCCC(C)CN(CC)CCCO. The van der Waals surface area contributed by atoms with E-state index >= 15 is 0 Å². The van der Waals surface area contributed by atoms with Gasteiger partial charge in [0.15, 0.2) is 0 Å². The first kappa shape index (κ1) is 12.9. The third kappa shape index (κ3) is 7.03. The number of rotatable bonds is 8. The highest BCUT2D eigenvalue weighted by Gasteiger charge is 2.06. The summed E-state index contributed by atoms with van der Waals surface area (Å²) in [7, 11) is 0. The molecule has 0 aliphatic heterocycles. The zero-order valence-electron chi connectivity index (χ0n) is 9.42. The van der Waals surface area contributed by atoms with E-state index in [1.54, 1.807) is 0 Å². The minimum Gasteiger partial charge on any atom is -0.396 e. The van der Waals surface area contributed by atoms with E-state index in [9.17, 15) is 0 Å². The van der Waals surface area contributed by atoms with Crippen molar-refractivity contribution >= 4 is 0 Å². The number of hydrogen-bond acceptors (Lipinski definition) is 2. The highest BCUT2D eigenvalue weighted by atomic mass is 16.3. The zero-order valence-corrected chi connectivity index (χ0v) is 9.42. The van der Waals surface area contributed by atoms with Gasteiger partial charge in [-0.05, 0) is 25.3 Å². The van der Waals surface area contributed by atoms with Crippen molar-refractivity contribution in [2.24, 2.45) is 5.92 Å². The molecule has 0 bridgehead atoms. The van der Waals surface area contributed by atoms with Crippen LogP contribution in [0.5, 0.6) is 0 Å². The summed E-state index contributed by atoms with van der Waals surface area (Å²) in [6.45, 7) is 10.4. The molecule has 0 saturated heterocycles. The van der Waals surface area contributed by atoms with Gasteiger partial charge in [-0.1, -0.05) is 27.2 Å². The summed E-state index contributed by atoms with van der Waals surface area (Å²) in [6, 6.07) is 0. The van der Waals surface area contributed by atoms with Gasteiger partial charge in [0.05, 0.1) is 0 Å². The number of aliphatic hydroxyl groups excluding tert-OH is 1. The Morgan fingerprint density at radius 3 is 2.46 bits per heavy atom. The predicted octanol–water partition coefficient (Wildman–Crippen LogP) is 2.13. The molecule has 0 saturated carbocycles. The van der Waals surface area contributed by atoms with Gasteiger partial charge in [-0.3, -0.25) is 0 Å². The van der Waals surface area contributed by atoms with Crippen LogP contribution in [0.1, 0.15) is 40.0 Å². The Labute approximate surface area is 82.9 Å².